The van der Waals surface area contributed by atoms with Crippen molar-refractivity contribution in [1.29, 1.82) is 0 Å². The third-order valence-electron chi connectivity index (χ3n) is 2.42. The minimum Gasteiger partial charge on any atom is -0.478 e. The first-order valence-corrected chi connectivity index (χ1v) is 5.35. The molecule has 1 aromatic rings. The van der Waals surface area contributed by atoms with Gasteiger partial charge in [-0.05, 0) is 19.4 Å². The van der Waals surface area contributed by atoms with Crippen LogP contribution < -0.4 is 5.32 Å². The quantitative estimate of drug-likeness (QED) is 0.523. The van der Waals surface area contributed by atoms with Crippen LogP contribution in [0.1, 0.15) is 23.7 Å². The summed E-state index contributed by atoms with van der Waals surface area (Å²) in [5.74, 6) is -1.24. The molecule has 1 unspecified atom stereocenters. The zero-order valence-electron chi connectivity index (χ0n) is 9.79. The van der Waals surface area contributed by atoms with E-state index < -0.39 is 10.9 Å². The smallest absolute Gasteiger partial charge is 0.338 e. The predicted octanol–water partition coefficient (Wildman–Crippen LogP) is 1.48. The predicted molar refractivity (Wildman–Crippen MR) is 64.8 cm³/mol. The van der Waals surface area contributed by atoms with Crippen molar-refractivity contribution >= 4 is 17.3 Å². The fourth-order valence-corrected chi connectivity index (χ4v) is 1.53. The number of para-hydroxylation sites is 1. The molecule has 0 heterocycles. The number of nitrogens with zero attached hydrogens (tertiary/aromatic N) is 1. The van der Waals surface area contributed by atoms with Crippen LogP contribution in [0.15, 0.2) is 18.2 Å². The van der Waals surface area contributed by atoms with Crippen LogP contribution in [0.2, 0.25) is 0 Å². The first-order chi connectivity index (χ1) is 8.47. The Morgan fingerprint density at radius 1 is 1.56 bits per heavy atom. The van der Waals surface area contributed by atoms with Crippen LogP contribution in [-0.2, 0) is 0 Å². The number of nitrogens with one attached hydrogen (secondary N) is 1. The van der Waals surface area contributed by atoms with Gasteiger partial charge in [-0.25, -0.2) is 4.79 Å². The summed E-state index contributed by atoms with van der Waals surface area (Å²) in [6.07, 6.45) is 0.366. The Morgan fingerprint density at radius 3 is 2.72 bits per heavy atom. The van der Waals surface area contributed by atoms with Gasteiger partial charge in [0.15, 0.2) is 0 Å². The minimum atomic E-state index is -1.24. The molecule has 1 aromatic carbocycles. The number of aliphatic hydroxyl groups excluding tert-OH is 1. The lowest BCUT2D eigenvalue weighted by Gasteiger charge is -2.15. The SMILES string of the molecule is CC(CCO)Nc1c(C(=O)O)cccc1[N+](=O)[O-]. The molecule has 7 heteroatoms. The van der Waals surface area contributed by atoms with Gasteiger partial charge in [-0.3, -0.25) is 10.1 Å². The fourth-order valence-electron chi connectivity index (χ4n) is 1.53. The number of carbonyl (C=O) groups is 1. The van der Waals surface area contributed by atoms with Crippen LogP contribution in [0.25, 0.3) is 0 Å². The Bertz CT molecular complexity index is 428. The maximum Gasteiger partial charge on any atom is 0.338 e. The van der Waals surface area contributed by atoms with E-state index in [1.807, 2.05) is 0 Å². The summed E-state index contributed by atoms with van der Waals surface area (Å²) < 4.78 is 0. The van der Waals surface area contributed by atoms with Crippen molar-refractivity contribution in [3.05, 3.63) is 33.9 Å². The highest BCUT2D eigenvalue weighted by Gasteiger charge is 2.22. The summed E-state index contributed by atoms with van der Waals surface area (Å²) in [7, 11) is 0. The first kappa shape index (κ1) is 13.9. The van der Waals surface area contributed by atoms with Gasteiger partial charge in [0, 0.05) is 18.7 Å². The zero-order chi connectivity index (χ0) is 13.7. The Morgan fingerprint density at radius 2 is 2.22 bits per heavy atom. The lowest BCUT2D eigenvalue weighted by molar-refractivity contribution is -0.384. The zero-order valence-corrected chi connectivity index (χ0v) is 9.79. The molecule has 7 nitrogen and oxygen atoms in total. The molecular formula is C11H14N2O5. The maximum absolute atomic E-state index is 11.0. The second-order valence-electron chi connectivity index (χ2n) is 3.82. The molecule has 0 aromatic heterocycles. The van der Waals surface area contributed by atoms with Crippen molar-refractivity contribution in [2.45, 2.75) is 19.4 Å². The number of anilines is 1. The molecule has 1 atom stereocenters. The number of carboxylic acid groups (broad SMARTS) is 1. The van der Waals surface area contributed by atoms with Crippen molar-refractivity contribution in [2.24, 2.45) is 0 Å². The minimum absolute atomic E-state index is 0.0315. The van der Waals surface area contributed by atoms with Crippen LogP contribution >= 0.6 is 0 Å². The van der Waals surface area contributed by atoms with Gasteiger partial charge in [0.05, 0.1) is 10.5 Å². The largest absolute Gasteiger partial charge is 0.478 e. The van der Waals surface area contributed by atoms with Crippen LogP contribution in [0, 0.1) is 10.1 Å². The van der Waals surface area contributed by atoms with E-state index >= 15 is 0 Å². The van der Waals surface area contributed by atoms with Crippen molar-refractivity contribution in [2.75, 3.05) is 11.9 Å². The highest BCUT2D eigenvalue weighted by atomic mass is 16.6. The summed E-state index contributed by atoms with van der Waals surface area (Å²) in [5, 5.41) is 31.4. The number of aliphatic hydroxyl groups is 1. The van der Waals surface area contributed by atoms with E-state index in [1.165, 1.54) is 18.2 Å². The van der Waals surface area contributed by atoms with E-state index in [0.29, 0.717) is 6.42 Å². The fraction of sp³-hybridized carbons (Fsp3) is 0.364. The Hall–Kier alpha value is -2.15. The third kappa shape index (κ3) is 3.17. The molecule has 0 aliphatic heterocycles. The molecule has 1 rings (SSSR count). The molecule has 0 spiro atoms. The van der Waals surface area contributed by atoms with E-state index in [9.17, 15) is 14.9 Å². The van der Waals surface area contributed by atoms with E-state index in [4.69, 9.17) is 10.2 Å². The molecular weight excluding hydrogens is 240 g/mol. The van der Waals surface area contributed by atoms with Crippen LogP contribution in [0.3, 0.4) is 0 Å². The van der Waals surface area contributed by atoms with Gasteiger partial charge < -0.3 is 15.5 Å². The number of rotatable bonds is 6. The second-order valence-corrected chi connectivity index (χ2v) is 3.82. The molecule has 3 N–H and O–H groups in total. The molecule has 18 heavy (non-hydrogen) atoms. The van der Waals surface area contributed by atoms with Gasteiger partial charge in [-0.2, -0.15) is 0 Å². The van der Waals surface area contributed by atoms with Crippen molar-refractivity contribution in [3.8, 4) is 0 Å². The highest BCUT2D eigenvalue weighted by Crippen LogP contribution is 2.29. The van der Waals surface area contributed by atoms with Gasteiger partial charge >= 0.3 is 5.97 Å². The molecule has 0 radical (unpaired) electrons. The van der Waals surface area contributed by atoms with Gasteiger partial charge in [-0.1, -0.05) is 6.07 Å². The van der Waals surface area contributed by atoms with Crippen molar-refractivity contribution < 1.29 is 19.9 Å². The average molecular weight is 254 g/mol. The van der Waals surface area contributed by atoms with Crippen molar-refractivity contribution in [1.82, 2.24) is 0 Å². The second kappa shape index (κ2) is 5.97. The molecule has 0 fully saturated rings. The van der Waals surface area contributed by atoms with Gasteiger partial charge in [-0.15, -0.1) is 0 Å². The van der Waals surface area contributed by atoms with Crippen LogP contribution in [0.5, 0.6) is 0 Å². The molecule has 0 saturated carbocycles. The highest BCUT2D eigenvalue weighted by molar-refractivity contribution is 5.96. The lowest BCUT2D eigenvalue weighted by Crippen LogP contribution is -2.19. The summed E-state index contributed by atoms with van der Waals surface area (Å²) in [4.78, 5) is 21.2. The third-order valence-corrected chi connectivity index (χ3v) is 2.42. The number of aromatic carboxylic acids is 1. The van der Waals surface area contributed by atoms with Gasteiger partial charge in [0.1, 0.15) is 5.69 Å². The van der Waals surface area contributed by atoms with Gasteiger partial charge in [0.2, 0.25) is 0 Å². The van der Waals surface area contributed by atoms with Crippen molar-refractivity contribution in [3.63, 3.8) is 0 Å². The van der Waals surface area contributed by atoms with E-state index in [2.05, 4.69) is 5.32 Å². The number of benzene rings is 1. The molecule has 98 valence electrons. The Labute approximate surface area is 103 Å². The van der Waals surface area contributed by atoms with Gasteiger partial charge in [0.25, 0.3) is 5.69 Å². The average Bonchev–Trinajstić information content (AvgIpc) is 2.28. The molecule has 0 aliphatic rings. The summed E-state index contributed by atoms with van der Waals surface area (Å²) in [5.41, 5.74) is -0.482. The number of carboxylic acids is 1. The van der Waals surface area contributed by atoms with E-state index in [-0.39, 0.29) is 29.6 Å². The molecule has 0 amide bonds. The topological polar surface area (TPSA) is 113 Å². The molecule has 0 saturated heterocycles. The first-order valence-electron chi connectivity index (χ1n) is 5.35. The number of nitro benzene ring substituents is 1. The van der Waals surface area contributed by atoms with E-state index in [0.717, 1.165) is 0 Å². The number of hydrogen-bond acceptors (Lipinski definition) is 5. The summed E-state index contributed by atoms with van der Waals surface area (Å²) in [6, 6.07) is 3.59. The normalized spacial score (nSPS) is 11.9. The Kier molecular flexibility index (Phi) is 4.61. The van der Waals surface area contributed by atoms with E-state index in [1.54, 1.807) is 6.92 Å². The lowest BCUT2D eigenvalue weighted by atomic mass is 10.1. The summed E-state index contributed by atoms with van der Waals surface area (Å²) in [6.45, 7) is 1.62. The number of hydrogen-bond donors (Lipinski definition) is 3. The van der Waals surface area contributed by atoms with Crippen LogP contribution in [-0.4, -0.2) is 33.8 Å². The molecule has 0 aliphatic carbocycles. The number of nitro groups is 1. The molecule has 0 bridgehead atoms. The van der Waals surface area contributed by atoms with Crippen LogP contribution in [0.4, 0.5) is 11.4 Å². The Balaban J connectivity index is 3.18. The standard InChI is InChI=1S/C11H14N2O5/c1-7(5-6-14)12-10-8(11(15)16)3-2-4-9(10)13(17)18/h2-4,7,12,14H,5-6H2,1H3,(H,15,16). The monoisotopic (exact) mass is 254 g/mol. The maximum atomic E-state index is 11.0. The summed E-state index contributed by atoms with van der Waals surface area (Å²) >= 11 is 0.